The fourth-order valence-corrected chi connectivity index (χ4v) is 2.71. The number of amides is 1. The normalized spacial score (nSPS) is 10.4. The van der Waals surface area contributed by atoms with Crippen molar-refractivity contribution in [2.45, 2.75) is 20.4 Å². The van der Waals surface area contributed by atoms with E-state index in [2.05, 4.69) is 15.6 Å². The van der Waals surface area contributed by atoms with Gasteiger partial charge in [0.15, 0.2) is 0 Å². The number of hydrogen-bond acceptors (Lipinski definition) is 3. The lowest BCUT2D eigenvalue weighted by Crippen LogP contribution is -2.15. The second-order valence-electron chi connectivity index (χ2n) is 6.15. The van der Waals surface area contributed by atoms with Crippen LogP contribution in [0.5, 0.6) is 0 Å². The van der Waals surface area contributed by atoms with Crippen LogP contribution in [0, 0.1) is 13.8 Å². The highest BCUT2D eigenvalue weighted by Crippen LogP contribution is 2.23. The quantitative estimate of drug-likeness (QED) is 0.652. The van der Waals surface area contributed by atoms with Crippen LogP contribution in [0.15, 0.2) is 60.9 Å². The van der Waals surface area contributed by atoms with E-state index in [0.29, 0.717) is 22.8 Å². The van der Waals surface area contributed by atoms with Crippen molar-refractivity contribution in [3.8, 4) is 0 Å². The molecule has 4 nitrogen and oxygen atoms in total. The Morgan fingerprint density at radius 1 is 1.00 bits per heavy atom. The van der Waals surface area contributed by atoms with Crippen molar-refractivity contribution in [3.05, 3.63) is 88.2 Å². The van der Waals surface area contributed by atoms with Crippen LogP contribution in [0.3, 0.4) is 0 Å². The molecule has 26 heavy (non-hydrogen) atoms. The number of rotatable bonds is 5. The highest BCUT2D eigenvalue weighted by molar-refractivity contribution is 6.30. The molecule has 0 saturated heterocycles. The van der Waals surface area contributed by atoms with Gasteiger partial charge in [-0.3, -0.25) is 9.78 Å². The maximum Gasteiger partial charge on any atom is 0.257 e. The van der Waals surface area contributed by atoms with Gasteiger partial charge in [-0.25, -0.2) is 0 Å². The van der Waals surface area contributed by atoms with Gasteiger partial charge in [0.25, 0.3) is 5.91 Å². The second kappa shape index (κ2) is 8.02. The highest BCUT2D eigenvalue weighted by atomic mass is 35.5. The minimum atomic E-state index is -0.160. The molecule has 0 bridgehead atoms. The number of nitrogens with one attached hydrogen (secondary N) is 2. The number of aryl methyl sites for hydroxylation is 2. The number of benzene rings is 2. The fourth-order valence-electron chi connectivity index (χ4n) is 2.58. The molecule has 2 N–H and O–H groups in total. The van der Waals surface area contributed by atoms with Crippen LogP contribution in [0.4, 0.5) is 11.4 Å². The van der Waals surface area contributed by atoms with Crippen LogP contribution in [0.2, 0.25) is 5.02 Å². The van der Waals surface area contributed by atoms with E-state index in [9.17, 15) is 4.79 Å². The molecule has 3 rings (SSSR count). The van der Waals surface area contributed by atoms with Gasteiger partial charge in [0.05, 0.1) is 5.56 Å². The van der Waals surface area contributed by atoms with Crippen LogP contribution in [-0.4, -0.2) is 10.9 Å². The number of pyridine rings is 1. The van der Waals surface area contributed by atoms with E-state index < -0.39 is 0 Å². The molecular weight excluding hydrogens is 346 g/mol. The van der Waals surface area contributed by atoms with Gasteiger partial charge in [0.1, 0.15) is 0 Å². The molecule has 0 atom stereocenters. The number of carbonyl (C=O) groups excluding carboxylic acids is 1. The van der Waals surface area contributed by atoms with E-state index in [1.807, 2.05) is 38.1 Å². The smallest absolute Gasteiger partial charge is 0.257 e. The van der Waals surface area contributed by atoms with Crippen molar-refractivity contribution < 1.29 is 4.79 Å². The number of halogens is 1. The first-order valence-electron chi connectivity index (χ1n) is 8.34. The molecule has 5 heteroatoms. The predicted octanol–water partition coefficient (Wildman–Crippen LogP) is 5.22. The molecule has 2 aromatic carbocycles. The summed E-state index contributed by atoms with van der Waals surface area (Å²) in [6.45, 7) is 4.65. The standard InChI is InChI=1S/C21H20ClN3O/c1-14-11-19(21(26)25-18-5-3-17(22)4-6-18)20(12-15(14)2)24-13-16-7-9-23-10-8-16/h3-12,24H,13H2,1-2H3,(H,25,26). The fraction of sp³-hybridized carbons (Fsp3) is 0.143. The summed E-state index contributed by atoms with van der Waals surface area (Å²) in [4.78, 5) is 16.8. The molecular formula is C21H20ClN3O. The number of anilines is 2. The van der Waals surface area contributed by atoms with Crippen LogP contribution < -0.4 is 10.6 Å². The Balaban J connectivity index is 1.83. The first-order chi connectivity index (χ1) is 12.5. The zero-order valence-electron chi connectivity index (χ0n) is 14.7. The van der Waals surface area contributed by atoms with Gasteiger partial charge < -0.3 is 10.6 Å². The zero-order valence-corrected chi connectivity index (χ0v) is 15.5. The molecule has 0 saturated carbocycles. The summed E-state index contributed by atoms with van der Waals surface area (Å²) in [7, 11) is 0. The highest BCUT2D eigenvalue weighted by Gasteiger charge is 2.14. The number of aromatic nitrogens is 1. The lowest BCUT2D eigenvalue weighted by Gasteiger charge is -2.15. The van der Waals surface area contributed by atoms with Gasteiger partial charge in [-0.1, -0.05) is 11.6 Å². The summed E-state index contributed by atoms with van der Waals surface area (Å²) in [5.41, 5.74) is 5.42. The molecule has 0 spiro atoms. The SMILES string of the molecule is Cc1cc(NCc2ccncc2)c(C(=O)Nc2ccc(Cl)cc2)cc1C. The van der Waals surface area contributed by atoms with Crippen molar-refractivity contribution in [2.24, 2.45) is 0 Å². The molecule has 0 fully saturated rings. The van der Waals surface area contributed by atoms with Crippen molar-refractivity contribution in [3.63, 3.8) is 0 Å². The minimum absolute atomic E-state index is 0.160. The van der Waals surface area contributed by atoms with Crippen molar-refractivity contribution >= 4 is 28.9 Å². The molecule has 0 radical (unpaired) electrons. The summed E-state index contributed by atoms with van der Waals surface area (Å²) >= 11 is 5.90. The molecule has 1 aromatic heterocycles. The molecule has 132 valence electrons. The second-order valence-corrected chi connectivity index (χ2v) is 6.59. The van der Waals surface area contributed by atoms with Crippen molar-refractivity contribution in [1.82, 2.24) is 4.98 Å². The van der Waals surface area contributed by atoms with E-state index in [-0.39, 0.29) is 5.91 Å². The third kappa shape index (κ3) is 4.41. The molecule has 0 unspecified atom stereocenters. The zero-order chi connectivity index (χ0) is 18.5. The Hall–Kier alpha value is -2.85. The molecule has 0 aliphatic carbocycles. The third-order valence-electron chi connectivity index (χ3n) is 4.21. The summed E-state index contributed by atoms with van der Waals surface area (Å²) in [5.74, 6) is -0.160. The van der Waals surface area contributed by atoms with Gasteiger partial charge >= 0.3 is 0 Å². The van der Waals surface area contributed by atoms with E-state index >= 15 is 0 Å². The van der Waals surface area contributed by atoms with Gasteiger partial charge in [0, 0.05) is 35.3 Å². The van der Waals surface area contributed by atoms with Gasteiger partial charge in [-0.05, 0) is 79.1 Å². The summed E-state index contributed by atoms with van der Waals surface area (Å²) < 4.78 is 0. The number of hydrogen-bond donors (Lipinski definition) is 2. The Morgan fingerprint density at radius 2 is 1.65 bits per heavy atom. The Morgan fingerprint density at radius 3 is 2.35 bits per heavy atom. The monoisotopic (exact) mass is 365 g/mol. The predicted molar refractivity (Wildman–Crippen MR) is 107 cm³/mol. The lowest BCUT2D eigenvalue weighted by molar-refractivity contribution is 0.102. The number of carbonyl (C=O) groups is 1. The maximum atomic E-state index is 12.8. The number of nitrogens with zero attached hydrogens (tertiary/aromatic N) is 1. The Kier molecular flexibility index (Phi) is 5.54. The van der Waals surface area contributed by atoms with Gasteiger partial charge in [-0.15, -0.1) is 0 Å². The summed E-state index contributed by atoms with van der Waals surface area (Å²) in [6, 6.07) is 14.9. The van der Waals surface area contributed by atoms with Crippen LogP contribution >= 0.6 is 11.6 Å². The maximum absolute atomic E-state index is 12.8. The first kappa shape index (κ1) is 18.0. The van der Waals surface area contributed by atoms with E-state index in [0.717, 1.165) is 22.4 Å². The molecule has 1 amide bonds. The molecule has 3 aromatic rings. The largest absolute Gasteiger partial charge is 0.380 e. The minimum Gasteiger partial charge on any atom is -0.380 e. The molecule has 1 heterocycles. The average molecular weight is 366 g/mol. The Labute approximate surface area is 158 Å². The van der Waals surface area contributed by atoms with Crippen LogP contribution in [0.1, 0.15) is 27.0 Å². The van der Waals surface area contributed by atoms with E-state index in [4.69, 9.17) is 11.6 Å². The Bertz CT molecular complexity index is 909. The average Bonchev–Trinajstić information content (AvgIpc) is 2.65. The van der Waals surface area contributed by atoms with Crippen LogP contribution in [-0.2, 0) is 6.54 Å². The lowest BCUT2D eigenvalue weighted by atomic mass is 10.0. The van der Waals surface area contributed by atoms with E-state index in [1.165, 1.54) is 0 Å². The van der Waals surface area contributed by atoms with Crippen molar-refractivity contribution in [2.75, 3.05) is 10.6 Å². The van der Waals surface area contributed by atoms with Crippen LogP contribution in [0.25, 0.3) is 0 Å². The van der Waals surface area contributed by atoms with Gasteiger partial charge in [0.2, 0.25) is 0 Å². The summed E-state index contributed by atoms with van der Waals surface area (Å²) in [5, 5.41) is 6.92. The first-order valence-corrected chi connectivity index (χ1v) is 8.71. The van der Waals surface area contributed by atoms with E-state index in [1.54, 1.807) is 36.7 Å². The van der Waals surface area contributed by atoms with Gasteiger partial charge in [-0.2, -0.15) is 0 Å². The third-order valence-corrected chi connectivity index (χ3v) is 4.46. The molecule has 0 aliphatic rings. The summed E-state index contributed by atoms with van der Waals surface area (Å²) in [6.07, 6.45) is 3.51. The molecule has 0 aliphatic heterocycles. The van der Waals surface area contributed by atoms with Crippen molar-refractivity contribution in [1.29, 1.82) is 0 Å². The topological polar surface area (TPSA) is 54.0 Å².